The van der Waals surface area contributed by atoms with Gasteiger partial charge >= 0.3 is 0 Å². The zero-order valence-electron chi connectivity index (χ0n) is 21.7. The van der Waals surface area contributed by atoms with Gasteiger partial charge in [-0.15, -0.1) is 5.10 Å². The van der Waals surface area contributed by atoms with Crippen molar-refractivity contribution in [1.29, 1.82) is 0 Å². The van der Waals surface area contributed by atoms with E-state index in [4.69, 9.17) is 11.6 Å². The lowest BCUT2D eigenvalue weighted by molar-refractivity contribution is 0.399. The summed E-state index contributed by atoms with van der Waals surface area (Å²) in [6, 6.07) is 13.3. The molecule has 0 aliphatic carbocycles. The number of benzene rings is 2. The predicted octanol–water partition coefficient (Wildman–Crippen LogP) is 4.99. The molecular weight excluding hydrogens is 464 g/mol. The summed E-state index contributed by atoms with van der Waals surface area (Å²) in [4.78, 5) is 0. The van der Waals surface area contributed by atoms with Crippen molar-refractivity contribution in [1.82, 2.24) is 20.0 Å². The van der Waals surface area contributed by atoms with Crippen LogP contribution in [0.25, 0.3) is 17.0 Å². The van der Waals surface area contributed by atoms with Gasteiger partial charge in [0.1, 0.15) is 17.2 Å². The number of aromatic nitrogens is 3. The number of rotatable bonds is 11. The molecule has 3 aromatic rings. The maximum atomic E-state index is 9.83. The summed E-state index contributed by atoms with van der Waals surface area (Å²) in [5.74, 6) is 6.69. The largest absolute Gasteiger partial charge is 0.508 e. The Morgan fingerprint density at radius 1 is 1.14 bits per heavy atom. The summed E-state index contributed by atoms with van der Waals surface area (Å²) in [7, 11) is 0. The number of aliphatic hydroxyl groups is 1. The summed E-state index contributed by atoms with van der Waals surface area (Å²) in [6.45, 7) is 6.89. The summed E-state index contributed by atoms with van der Waals surface area (Å²) in [5.41, 5.74) is 12.2. The number of aryl methyl sites for hydroxylation is 2. The molecule has 0 saturated heterocycles. The number of phenolic OH excluding ortho intramolecular Hbond substituents is 1. The van der Waals surface area contributed by atoms with Gasteiger partial charge in [-0.2, -0.15) is 0 Å². The Kier molecular flexibility index (Phi) is 9.69. The molecule has 0 amide bonds. The summed E-state index contributed by atoms with van der Waals surface area (Å²) in [6.07, 6.45) is 12.5. The highest BCUT2D eigenvalue weighted by molar-refractivity contribution is 5.66. The third kappa shape index (κ3) is 8.12. The molecule has 1 aromatic heterocycles. The van der Waals surface area contributed by atoms with Crippen molar-refractivity contribution >= 4 is 5.70 Å². The monoisotopic (exact) mass is 500 g/mol. The molecule has 0 saturated carbocycles. The molecule has 0 bridgehead atoms. The van der Waals surface area contributed by atoms with Crippen molar-refractivity contribution < 1.29 is 10.2 Å². The third-order valence-electron chi connectivity index (χ3n) is 5.90. The van der Waals surface area contributed by atoms with Crippen molar-refractivity contribution in [3.8, 4) is 17.0 Å². The summed E-state index contributed by atoms with van der Waals surface area (Å²) in [5, 5.41) is 29.6. The maximum Gasteiger partial charge on any atom is 0.118 e. The molecule has 6 N–H and O–H groups in total. The lowest BCUT2D eigenvalue weighted by Crippen LogP contribution is -2.28. The van der Waals surface area contributed by atoms with Crippen molar-refractivity contribution in [2.75, 3.05) is 6.54 Å². The van der Waals surface area contributed by atoms with Gasteiger partial charge in [-0.1, -0.05) is 59.8 Å². The number of aliphatic hydroxyl groups excluding tert-OH is 1. The minimum atomic E-state index is 0.268. The molecular formula is C29H36N6O2. The molecule has 194 valence electrons. The Labute approximate surface area is 218 Å². The van der Waals surface area contributed by atoms with Crippen LogP contribution in [-0.2, 0) is 13.0 Å². The lowest BCUT2D eigenvalue weighted by Gasteiger charge is -2.15. The Bertz CT molecular complexity index is 1300. The average Bonchev–Trinajstić information content (AvgIpc) is 3.36. The minimum Gasteiger partial charge on any atom is -0.508 e. The fourth-order valence-corrected chi connectivity index (χ4v) is 3.66. The zero-order valence-corrected chi connectivity index (χ0v) is 21.7. The second-order valence-electron chi connectivity index (χ2n) is 8.90. The number of hydrazine groups is 1. The molecule has 37 heavy (non-hydrogen) atoms. The SMILES string of the molecule is C\C=C/C(O)=C(C)\C=C\CCn1cc(-c2ccc(/C(N)=C/N(N)CCc3ccc(O)c(C)c3)cc2)nn1. The molecule has 1 heterocycles. The number of aromatic hydroxyl groups is 1. The molecule has 2 aromatic carbocycles. The van der Waals surface area contributed by atoms with E-state index in [2.05, 4.69) is 10.3 Å². The fraction of sp³-hybridized carbons (Fsp3) is 0.241. The molecule has 0 atom stereocenters. The smallest absolute Gasteiger partial charge is 0.118 e. The Morgan fingerprint density at radius 2 is 1.89 bits per heavy atom. The highest BCUT2D eigenvalue weighted by Gasteiger charge is 2.06. The first kappa shape index (κ1) is 27.3. The van der Waals surface area contributed by atoms with Crippen LogP contribution in [0.2, 0.25) is 0 Å². The highest BCUT2D eigenvalue weighted by atomic mass is 16.3. The van der Waals surface area contributed by atoms with E-state index in [0.29, 0.717) is 24.5 Å². The zero-order chi connectivity index (χ0) is 26.8. The van der Waals surface area contributed by atoms with Crippen molar-refractivity contribution in [3.05, 3.63) is 107 Å². The molecule has 0 aliphatic heterocycles. The van der Waals surface area contributed by atoms with E-state index in [0.717, 1.165) is 46.4 Å². The average molecular weight is 501 g/mol. The van der Waals surface area contributed by atoms with E-state index in [1.165, 1.54) is 0 Å². The van der Waals surface area contributed by atoms with Gasteiger partial charge in [-0.25, -0.2) is 5.84 Å². The first-order chi connectivity index (χ1) is 17.8. The molecule has 0 fully saturated rings. The van der Waals surface area contributed by atoms with E-state index in [9.17, 15) is 10.2 Å². The van der Waals surface area contributed by atoms with Gasteiger partial charge in [0.05, 0.1) is 11.9 Å². The van der Waals surface area contributed by atoms with Crippen LogP contribution in [0, 0.1) is 6.92 Å². The van der Waals surface area contributed by atoms with E-state index in [1.54, 1.807) is 34.1 Å². The minimum absolute atomic E-state index is 0.268. The molecule has 0 unspecified atom stereocenters. The van der Waals surface area contributed by atoms with Crippen LogP contribution in [-0.4, -0.2) is 36.8 Å². The number of hydrogen-bond acceptors (Lipinski definition) is 7. The van der Waals surface area contributed by atoms with Gasteiger partial charge < -0.3 is 21.0 Å². The number of nitrogens with two attached hydrogens (primary N) is 2. The molecule has 3 rings (SSSR count). The number of allylic oxidation sites excluding steroid dienone is 5. The highest BCUT2D eigenvalue weighted by Crippen LogP contribution is 2.20. The maximum absolute atomic E-state index is 9.83. The van der Waals surface area contributed by atoms with Gasteiger partial charge in [0.15, 0.2) is 0 Å². The summed E-state index contributed by atoms with van der Waals surface area (Å²) < 4.78 is 1.80. The Hall–Kier alpha value is -4.30. The van der Waals surface area contributed by atoms with Crippen LogP contribution in [0.3, 0.4) is 0 Å². The normalized spacial score (nSPS) is 12.9. The van der Waals surface area contributed by atoms with Crippen LogP contribution in [0.5, 0.6) is 5.75 Å². The van der Waals surface area contributed by atoms with Crippen LogP contribution in [0.1, 0.15) is 37.0 Å². The molecule has 0 aliphatic rings. The van der Waals surface area contributed by atoms with E-state index < -0.39 is 0 Å². The predicted molar refractivity (Wildman–Crippen MR) is 149 cm³/mol. The second kappa shape index (κ2) is 13.1. The topological polar surface area (TPSA) is 126 Å². The first-order valence-electron chi connectivity index (χ1n) is 12.2. The fourth-order valence-electron chi connectivity index (χ4n) is 3.66. The van der Waals surface area contributed by atoms with Crippen LogP contribution in [0.4, 0.5) is 0 Å². The molecule has 8 nitrogen and oxygen atoms in total. The van der Waals surface area contributed by atoms with Gasteiger partial charge in [0.25, 0.3) is 0 Å². The van der Waals surface area contributed by atoms with Crippen molar-refractivity contribution in [3.63, 3.8) is 0 Å². The molecule has 8 heteroatoms. The number of hydrogen-bond donors (Lipinski definition) is 4. The second-order valence-corrected chi connectivity index (χ2v) is 8.90. The Morgan fingerprint density at radius 3 is 2.59 bits per heavy atom. The van der Waals surface area contributed by atoms with E-state index >= 15 is 0 Å². The summed E-state index contributed by atoms with van der Waals surface area (Å²) >= 11 is 0. The molecule has 0 radical (unpaired) electrons. The van der Waals surface area contributed by atoms with Crippen LogP contribution >= 0.6 is 0 Å². The Balaban J connectivity index is 1.54. The van der Waals surface area contributed by atoms with Crippen LogP contribution < -0.4 is 11.6 Å². The van der Waals surface area contributed by atoms with Gasteiger partial charge in [0.2, 0.25) is 0 Å². The van der Waals surface area contributed by atoms with E-state index in [-0.39, 0.29) is 5.76 Å². The third-order valence-corrected chi connectivity index (χ3v) is 5.90. The van der Waals surface area contributed by atoms with E-state index in [1.807, 2.05) is 75.5 Å². The number of phenols is 1. The van der Waals surface area contributed by atoms with Gasteiger partial charge in [-0.05, 0) is 68.0 Å². The lowest BCUT2D eigenvalue weighted by atomic mass is 10.1. The van der Waals surface area contributed by atoms with Crippen LogP contribution in [0.15, 0.2) is 90.5 Å². The molecule has 0 spiro atoms. The van der Waals surface area contributed by atoms with Gasteiger partial charge in [-0.3, -0.25) is 4.68 Å². The van der Waals surface area contributed by atoms with Crippen molar-refractivity contribution in [2.45, 2.75) is 40.2 Å². The first-order valence-corrected chi connectivity index (χ1v) is 12.2. The van der Waals surface area contributed by atoms with Crippen molar-refractivity contribution in [2.24, 2.45) is 11.6 Å². The standard InChI is InChI=1S/C29H36N6O2/c1-4-7-28(36)21(2)8-5-6-16-35-20-27(32-33-35)25-12-10-24(11-13-25)26(30)19-34(31)17-15-23-9-14-29(37)22(3)18-23/h4-5,7-14,18-20,36-37H,6,15-17,30-31H2,1-3H3/b7-4-,8-5+,26-19-,28-21+. The number of nitrogens with zero attached hydrogens (tertiary/aromatic N) is 4. The quantitative estimate of drug-likeness (QED) is 0.126. The van der Waals surface area contributed by atoms with Gasteiger partial charge in [0, 0.05) is 24.9 Å².